The summed E-state index contributed by atoms with van der Waals surface area (Å²) in [5, 5.41) is 3.88. The van der Waals surface area contributed by atoms with Crippen LogP contribution >= 0.6 is 0 Å². The summed E-state index contributed by atoms with van der Waals surface area (Å²) in [6.45, 7) is 4.31. The van der Waals surface area contributed by atoms with Crippen LogP contribution in [0.5, 0.6) is 0 Å². The van der Waals surface area contributed by atoms with E-state index in [1.165, 1.54) is 32.1 Å². The summed E-state index contributed by atoms with van der Waals surface area (Å²) in [6, 6.07) is 1.05. The van der Waals surface area contributed by atoms with Gasteiger partial charge in [0.15, 0.2) is 0 Å². The summed E-state index contributed by atoms with van der Waals surface area (Å²) in [6.07, 6.45) is 11.0. The quantitative estimate of drug-likeness (QED) is 0.917. The first-order chi connectivity index (χ1) is 9.74. The number of hydrogen-bond acceptors (Lipinski definition) is 3. The normalized spacial score (nSPS) is 40.0. The van der Waals surface area contributed by atoms with Crippen LogP contribution in [0.2, 0.25) is 0 Å². The second-order valence-corrected chi connectivity index (χ2v) is 7.18. The topological polar surface area (TPSA) is 37.8 Å². The summed E-state index contributed by atoms with van der Waals surface area (Å²) in [5.41, 5.74) is 2.19. The van der Waals surface area contributed by atoms with Crippen molar-refractivity contribution >= 4 is 0 Å². The van der Waals surface area contributed by atoms with E-state index in [-0.39, 0.29) is 0 Å². The molecule has 3 saturated carbocycles. The Morgan fingerprint density at radius 1 is 1.10 bits per heavy atom. The first kappa shape index (κ1) is 12.8. The van der Waals surface area contributed by atoms with E-state index in [0.29, 0.717) is 6.04 Å². The summed E-state index contributed by atoms with van der Waals surface area (Å²) in [7, 11) is 0. The standard InChI is InChI=1S/C17H25N3/c1-10-17(19-7-6-18-10)11(2)20-16-9-12-8-15(16)14-5-3-4-13(12)14/h6-7,11-16,20H,3-5,8-9H2,1-2H3. The van der Waals surface area contributed by atoms with E-state index in [1.54, 1.807) is 6.20 Å². The molecular formula is C17H25N3. The molecule has 3 aliphatic carbocycles. The molecule has 20 heavy (non-hydrogen) atoms. The minimum atomic E-state index is 0.327. The Labute approximate surface area is 121 Å². The van der Waals surface area contributed by atoms with Crippen molar-refractivity contribution < 1.29 is 0 Å². The smallest absolute Gasteiger partial charge is 0.0782 e. The van der Waals surface area contributed by atoms with Gasteiger partial charge in [0.25, 0.3) is 0 Å². The van der Waals surface area contributed by atoms with Crippen LogP contribution in [0.15, 0.2) is 12.4 Å². The molecule has 1 N–H and O–H groups in total. The molecule has 6 atom stereocenters. The molecule has 6 unspecified atom stereocenters. The lowest BCUT2D eigenvalue weighted by atomic mass is 9.79. The van der Waals surface area contributed by atoms with Crippen LogP contribution in [0.3, 0.4) is 0 Å². The third-order valence-corrected chi connectivity index (χ3v) is 6.22. The van der Waals surface area contributed by atoms with Crippen molar-refractivity contribution in [2.24, 2.45) is 23.7 Å². The van der Waals surface area contributed by atoms with Gasteiger partial charge in [-0.1, -0.05) is 6.42 Å². The van der Waals surface area contributed by atoms with Crippen molar-refractivity contribution in [3.05, 3.63) is 23.8 Å². The van der Waals surface area contributed by atoms with E-state index in [4.69, 9.17) is 0 Å². The molecule has 0 aliphatic heterocycles. The Morgan fingerprint density at radius 3 is 2.75 bits per heavy atom. The Bertz CT molecular complexity index is 501. The molecule has 108 valence electrons. The van der Waals surface area contributed by atoms with Gasteiger partial charge in [-0.25, -0.2) is 0 Å². The van der Waals surface area contributed by atoms with Gasteiger partial charge in [0, 0.05) is 24.5 Å². The molecule has 3 heteroatoms. The van der Waals surface area contributed by atoms with E-state index in [9.17, 15) is 0 Å². The number of aryl methyl sites for hydroxylation is 1. The summed E-state index contributed by atoms with van der Waals surface area (Å²) in [5.74, 6) is 4.06. The average Bonchev–Trinajstić information content (AvgIpc) is 3.10. The first-order valence-electron chi connectivity index (χ1n) is 8.27. The zero-order valence-corrected chi connectivity index (χ0v) is 12.5. The number of rotatable bonds is 3. The van der Waals surface area contributed by atoms with E-state index >= 15 is 0 Å². The molecule has 0 saturated heterocycles. The lowest BCUT2D eigenvalue weighted by Gasteiger charge is -2.34. The predicted molar refractivity (Wildman–Crippen MR) is 79.2 cm³/mol. The fourth-order valence-electron chi connectivity index (χ4n) is 5.50. The third kappa shape index (κ3) is 1.90. The molecule has 0 spiro atoms. The van der Waals surface area contributed by atoms with Crippen LogP contribution in [-0.2, 0) is 0 Å². The minimum Gasteiger partial charge on any atom is -0.306 e. The van der Waals surface area contributed by atoms with Crippen LogP contribution in [0.25, 0.3) is 0 Å². The van der Waals surface area contributed by atoms with Gasteiger partial charge in [0.05, 0.1) is 11.4 Å². The number of aromatic nitrogens is 2. The van der Waals surface area contributed by atoms with Gasteiger partial charge in [-0.15, -0.1) is 0 Å². The van der Waals surface area contributed by atoms with Crippen molar-refractivity contribution in [1.82, 2.24) is 15.3 Å². The molecule has 1 heterocycles. The molecule has 1 aromatic rings. The first-order valence-corrected chi connectivity index (χ1v) is 8.27. The average molecular weight is 271 g/mol. The molecule has 4 rings (SSSR count). The lowest BCUT2D eigenvalue weighted by Crippen LogP contribution is -2.40. The van der Waals surface area contributed by atoms with Crippen LogP contribution in [0, 0.1) is 30.6 Å². The Hall–Kier alpha value is -0.960. The summed E-state index contributed by atoms with van der Waals surface area (Å²) < 4.78 is 0. The van der Waals surface area contributed by atoms with Crippen molar-refractivity contribution in [3.8, 4) is 0 Å². The van der Waals surface area contributed by atoms with Crippen LogP contribution in [0.4, 0.5) is 0 Å². The Kier molecular flexibility index (Phi) is 3.06. The van der Waals surface area contributed by atoms with E-state index in [0.717, 1.165) is 41.1 Å². The van der Waals surface area contributed by atoms with Gasteiger partial charge in [-0.3, -0.25) is 9.97 Å². The Morgan fingerprint density at radius 2 is 1.90 bits per heavy atom. The molecule has 0 amide bonds. The van der Waals surface area contributed by atoms with E-state index in [2.05, 4.69) is 29.1 Å². The van der Waals surface area contributed by atoms with Gasteiger partial charge in [0.2, 0.25) is 0 Å². The summed E-state index contributed by atoms with van der Waals surface area (Å²) >= 11 is 0. The second kappa shape index (κ2) is 4.80. The van der Waals surface area contributed by atoms with Crippen LogP contribution in [0.1, 0.15) is 56.5 Å². The second-order valence-electron chi connectivity index (χ2n) is 7.18. The van der Waals surface area contributed by atoms with Gasteiger partial charge in [0.1, 0.15) is 0 Å². The lowest BCUT2D eigenvalue weighted by molar-refractivity contribution is 0.199. The molecule has 1 aromatic heterocycles. The van der Waals surface area contributed by atoms with Crippen molar-refractivity contribution in [2.45, 2.75) is 58.0 Å². The highest BCUT2D eigenvalue weighted by Gasteiger charge is 2.53. The number of hydrogen-bond donors (Lipinski definition) is 1. The van der Waals surface area contributed by atoms with Crippen LogP contribution < -0.4 is 5.32 Å². The largest absolute Gasteiger partial charge is 0.306 e. The molecule has 3 aliphatic rings. The number of nitrogens with zero attached hydrogens (tertiary/aromatic N) is 2. The molecule has 0 radical (unpaired) electrons. The van der Waals surface area contributed by atoms with E-state index < -0.39 is 0 Å². The van der Waals surface area contributed by atoms with Gasteiger partial charge in [-0.05, 0) is 63.2 Å². The van der Waals surface area contributed by atoms with Crippen molar-refractivity contribution in [3.63, 3.8) is 0 Å². The van der Waals surface area contributed by atoms with Crippen LogP contribution in [-0.4, -0.2) is 16.0 Å². The number of fused-ring (bicyclic) bond motifs is 5. The molecular weight excluding hydrogens is 246 g/mol. The van der Waals surface area contributed by atoms with Gasteiger partial charge >= 0.3 is 0 Å². The fourth-order valence-corrected chi connectivity index (χ4v) is 5.50. The maximum absolute atomic E-state index is 4.52. The fraction of sp³-hybridized carbons (Fsp3) is 0.765. The number of nitrogens with one attached hydrogen (secondary N) is 1. The van der Waals surface area contributed by atoms with Gasteiger partial charge < -0.3 is 5.32 Å². The highest BCUT2D eigenvalue weighted by molar-refractivity contribution is 5.14. The highest BCUT2D eigenvalue weighted by atomic mass is 15.0. The Balaban J connectivity index is 1.47. The minimum absolute atomic E-state index is 0.327. The molecule has 0 aromatic carbocycles. The predicted octanol–water partition coefficient (Wildman–Crippen LogP) is 3.26. The van der Waals surface area contributed by atoms with Crippen molar-refractivity contribution in [1.29, 1.82) is 0 Å². The molecule has 3 fully saturated rings. The maximum atomic E-state index is 4.52. The zero-order chi connectivity index (χ0) is 13.7. The maximum Gasteiger partial charge on any atom is 0.0782 e. The van der Waals surface area contributed by atoms with E-state index in [1.807, 2.05) is 6.20 Å². The highest BCUT2D eigenvalue weighted by Crippen LogP contribution is 2.58. The third-order valence-electron chi connectivity index (χ3n) is 6.22. The SMILES string of the molecule is Cc1nccnc1C(C)NC1CC2CC1C1CCCC21. The van der Waals surface area contributed by atoms with Crippen molar-refractivity contribution in [2.75, 3.05) is 0 Å². The monoisotopic (exact) mass is 271 g/mol. The molecule has 3 nitrogen and oxygen atoms in total. The summed E-state index contributed by atoms with van der Waals surface area (Å²) in [4.78, 5) is 8.90. The van der Waals surface area contributed by atoms with Gasteiger partial charge in [-0.2, -0.15) is 0 Å². The zero-order valence-electron chi connectivity index (χ0n) is 12.5. The molecule has 2 bridgehead atoms.